The van der Waals surface area contributed by atoms with Crippen molar-refractivity contribution >= 4 is 11.8 Å². The number of halogens is 3. The molecule has 0 amide bonds. The first-order valence-corrected chi connectivity index (χ1v) is 10.5. The quantitative estimate of drug-likeness (QED) is 0.563. The molecule has 0 radical (unpaired) electrons. The van der Waals surface area contributed by atoms with Crippen molar-refractivity contribution < 1.29 is 17.9 Å². The lowest BCUT2D eigenvalue weighted by Gasteiger charge is -2.27. The van der Waals surface area contributed by atoms with Gasteiger partial charge in [-0.1, -0.05) is 18.2 Å². The van der Waals surface area contributed by atoms with Crippen molar-refractivity contribution in [1.29, 1.82) is 5.26 Å². The number of hydrogen-bond acceptors (Lipinski definition) is 7. The Labute approximate surface area is 184 Å². The predicted molar refractivity (Wildman–Crippen MR) is 113 cm³/mol. The second-order valence-electron chi connectivity index (χ2n) is 8.83. The number of alkyl halides is 3. The van der Waals surface area contributed by atoms with Crippen LogP contribution in [0.25, 0.3) is 0 Å². The molecule has 0 atom stereocenters. The van der Waals surface area contributed by atoms with E-state index in [0.29, 0.717) is 23.5 Å². The van der Waals surface area contributed by atoms with Crippen molar-refractivity contribution in [3.63, 3.8) is 0 Å². The van der Waals surface area contributed by atoms with Gasteiger partial charge in [0.05, 0.1) is 6.20 Å². The summed E-state index contributed by atoms with van der Waals surface area (Å²) >= 11 is 0. The number of aromatic nitrogens is 2. The molecule has 1 aromatic heterocycles. The van der Waals surface area contributed by atoms with Crippen molar-refractivity contribution in [1.82, 2.24) is 9.97 Å². The fourth-order valence-corrected chi connectivity index (χ4v) is 4.70. The first kappa shape index (κ1) is 22.1. The highest BCUT2D eigenvalue weighted by molar-refractivity contribution is 5.53. The second-order valence-corrected chi connectivity index (χ2v) is 8.83. The average Bonchev–Trinajstić information content (AvgIpc) is 3.29. The molecule has 2 aliphatic rings. The molecule has 4 N–H and O–H groups in total. The Hall–Kier alpha value is -3.06. The van der Waals surface area contributed by atoms with Crippen LogP contribution in [0, 0.1) is 16.7 Å². The van der Waals surface area contributed by atoms with Crippen LogP contribution >= 0.6 is 0 Å². The van der Waals surface area contributed by atoms with Gasteiger partial charge >= 0.3 is 6.18 Å². The zero-order valence-electron chi connectivity index (χ0n) is 17.5. The van der Waals surface area contributed by atoms with Crippen LogP contribution in [0.1, 0.15) is 43.2 Å². The minimum atomic E-state index is -4.42. The average molecular weight is 446 g/mol. The molecule has 1 aromatic carbocycles. The molecule has 0 spiro atoms. The van der Waals surface area contributed by atoms with E-state index < -0.39 is 12.8 Å². The molecule has 10 heteroatoms. The molecule has 2 aromatic rings. The fourth-order valence-electron chi connectivity index (χ4n) is 4.70. The van der Waals surface area contributed by atoms with Gasteiger partial charge in [0.2, 0.25) is 5.95 Å². The minimum Gasteiger partial charge on any atom is -0.484 e. The number of nitrogens with one attached hydrogen (secondary N) is 2. The van der Waals surface area contributed by atoms with Gasteiger partial charge < -0.3 is 21.1 Å². The van der Waals surface area contributed by atoms with Crippen LogP contribution in [0.2, 0.25) is 0 Å². The molecule has 32 heavy (non-hydrogen) atoms. The molecule has 0 aliphatic heterocycles. The van der Waals surface area contributed by atoms with Gasteiger partial charge in [-0.15, -0.1) is 0 Å². The molecule has 1 heterocycles. The Morgan fingerprint density at radius 1 is 1.16 bits per heavy atom. The van der Waals surface area contributed by atoms with Crippen LogP contribution in [-0.2, 0) is 6.54 Å². The Morgan fingerprint density at radius 3 is 2.56 bits per heavy atom. The molecule has 2 aliphatic carbocycles. The third kappa shape index (κ3) is 5.05. The summed E-state index contributed by atoms with van der Waals surface area (Å²) in [6.45, 7) is -0.512. The van der Waals surface area contributed by atoms with Crippen LogP contribution < -0.4 is 21.1 Å². The van der Waals surface area contributed by atoms with Crippen LogP contribution in [0.3, 0.4) is 0 Å². The number of fused-ring (bicyclic) bond motifs is 2. The molecular weight excluding hydrogens is 421 g/mol. The maximum atomic E-state index is 12.5. The highest BCUT2D eigenvalue weighted by atomic mass is 19.4. The number of anilines is 2. The van der Waals surface area contributed by atoms with E-state index in [-0.39, 0.29) is 29.2 Å². The van der Waals surface area contributed by atoms with Gasteiger partial charge in [-0.25, -0.2) is 4.98 Å². The van der Waals surface area contributed by atoms with E-state index >= 15 is 0 Å². The lowest BCUT2D eigenvalue weighted by atomic mass is 9.84. The highest BCUT2D eigenvalue weighted by Gasteiger charge is 2.51. The van der Waals surface area contributed by atoms with Crippen molar-refractivity contribution in [2.24, 2.45) is 11.1 Å². The summed E-state index contributed by atoms with van der Waals surface area (Å²) in [6.07, 6.45) is 2.14. The molecule has 2 saturated carbocycles. The van der Waals surface area contributed by atoms with Gasteiger partial charge in [0.1, 0.15) is 23.2 Å². The SMILES string of the molecule is N#Cc1cnc(NCc2ccccc2OCC(F)(F)F)nc1NCC12CCC(N)(CC1)C2. The van der Waals surface area contributed by atoms with E-state index in [0.717, 1.165) is 32.1 Å². The van der Waals surface area contributed by atoms with Crippen LogP contribution in [0.5, 0.6) is 5.75 Å². The van der Waals surface area contributed by atoms with Gasteiger partial charge in [-0.3, -0.25) is 0 Å². The van der Waals surface area contributed by atoms with E-state index in [1.54, 1.807) is 18.2 Å². The lowest BCUT2D eigenvalue weighted by Crippen LogP contribution is -2.33. The van der Waals surface area contributed by atoms with Crippen molar-refractivity contribution in [3.05, 3.63) is 41.6 Å². The number of nitriles is 1. The zero-order valence-corrected chi connectivity index (χ0v) is 17.5. The molecule has 2 fully saturated rings. The van der Waals surface area contributed by atoms with Gasteiger partial charge in [0.15, 0.2) is 6.61 Å². The van der Waals surface area contributed by atoms with Gasteiger partial charge in [0, 0.05) is 24.2 Å². The van der Waals surface area contributed by atoms with E-state index in [4.69, 9.17) is 10.5 Å². The van der Waals surface area contributed by atoms with Crippen molar-refractivity contribution in [3.8, 4) is 11.8 Å². The number of nitrogens with two attached hydrogens (primary N) is 1. The Kier molecular flexibility index (Phi) is 5.86. The molecule has 4 rings (SSSR count). The fraction of sp³-hybridized carbons (Fsp3) is 0.500. The molecule has 0 saturated heterocycles. The topological polar surface area (TPSA) is 109 Å². The van der Waals surface area contributed by atoms with Crippen molar-refractivity contribution in [2.75, 3.05) is 23.8 Å². The molecule has 2 bridgehead atoms. The predicted octanol–water partition coefficient (Wildman–Crippen LogP) is 3.97. The summed E-state index contributed by atoms with van der Waals surface area (Å²) < 4.78 is 42.4. The highest BCUT2D eigenvalue weighted by Crippen LogP contribution is 2.55. The first-order chi connectivity index (χ1) is 15.2. The number of para-hydroxylation sites is 1. The van der Waals surface area contributed by atoms with Crippen LogP contribution in [0.4, 0.5) is 24.9 Å². The standard InChI is InChI=1S/C22H25F3N6O/c23-22(24,25)14-32-17-4-2-1-3-15(17)10-28-19-29-11-16(9-26)18(31-19)30-13-20-5-7-21(27,12-20)8-6-20/h1-4,11H,5-8,10,12-14,27H2,(H2,28,29,30,31). The Balaban J connectivity index is 1.42. The number of ether oxygens (including phenoxy) is 1. The molecule has 0 unspecified atom stereocenters. The maximum absolute atomic E-state index is 12.5. The summed E-state index contributed by atoms with van der Waals surface area (Å²) in [7, 11) is 0. The van der Waals surface area contributed by atoms with E-state index in [1.807, 2.05) is 0 Å². The smallest absolute Gasteiger partial charge is 0.422 e. The molecular formula is C22H25F3N6O. The summed E-state index contributed by atoms with van der Waals surface area (Å²) in [5.74, 6) is 0.833. The van der Waals surface area contributed by atoms with Gasteiger partial charge in [-0.2, -0.15) is 23.4 Å². The normalized spacial score (nSPS) is 24.2. The largest absolute Gasteiger partial charge is 0.484 e. The third-order valence-electron chi connectivity index (χ3n) is 6.37. The van der Waals surface area contributed by atoms with Crippen molar-refractivity contribution in [2.45, 2.75) is 50.4 Å². The Bertz CT molecular complexity index is 1010. The molecule has 7 nitrogen and oxygen atoms in total. The van der Waals surface area contributed by atoms with Gasteiger partial charge in [-0.05, 0) is 43.6 Å². The first-order valence-electron chi connectivity index (χ1n) is 10.5. The lowest BCUT2D eigenvalue weighted by molar-refractivity contribution is -0.153. The van der Waals surface area contributed by atoms with Crippen LogP contribution in [-0.4, -0.2) is 34.8 Å². The second kappa shape index (κ2) is 8.47. The molecule has 170 valence electrons. The maximum Gasteiger partial charge on any atom is 0.422 e. The third-order valence-corrected chi connectivity index (χ3v) is 6.37. The van der Waals surface area contributed by atoms with E-state index in [9.17, 15) is 18.4 Å². The Morgan fingerprint density at radius 2 is 1.91 bits per heavy atom. The number of rotatable bonds is 8. The van der Waals surface area contributed by atoms with E-state index in [1.165, 1.54) is 12.3 Å². The van der Waals surface area contributed by atoms with Gasteiger partial charge in [0.25, 0.3) is 0 Å². The number of benzene rings is 1. The monoisotopic (exact) mass is 446 g/mol. The zero-order chi connectivity index (χ0) is 22.8. The summed E-state index contributed by atoms with van der Waals surface area (Å²) in [5.41, 5.74) is 7.34. The van der Waals surface area contributed by atoms with Crippen LogP contribution in [0.15, 0.2) is 30.5 Å². The number of hydrogen-bond donors (Lipinski definition) is 3. The minimum absolute atomic E-state index is 0.0559. The summed E-state index contributed by atoms with van der Waals surface area (Å²) in [4.78, 5) is 8.57. The summed E-state index contributed by atoms with van der Waals surface area (Å²) in [5, 5.41) is 15.7. The number of nitrogens with zero attached hydrogens (tertiary/aromatic N) is 3. The summed E-state index contributed by atoms with van der Waals surface area (Å²) in [6, 6.07) is 8.56. The van der Waals surface area contributed by atoms with E-state index in [2.05, 4.69) is 26.7 Å².